The lowest BCUT2D eigenvalue weighted by Crippen LogP contribution is -2.02. The summed E-state index contributed by atoms with van der Waals surface area (Å²) in [6, 6.07) is 26.8. The first-order valence-electron chi connectivity index (χ1n) is 7.79. The number of methoxy groups -OCH3 is 1. The molecule has 2 heteroatoms. The lowest BCUT2D eigenvalue weighted by Gasteiger charge is -2.08. The Bertz CT molecular complexity index is 832. The summed E-state index contributed by atoms with van der Waals surface area (Å²) in [5.74, 6) is 0.806. The smallest absolute Gasteiger partial charge is 0.193 e. The van der Waals surface area contributed by atoms with Crippen molar-refractivity contribution < 1.29 is 9.53 Å². The highest BCUT2D eigenvalue weighted by Gasteiger charge is 2.14. The molecule has 3 aromatic rings. The number of benzene rings is 3. The summed E-state index contributed by atoms with van der Waals surface area (Å²) >= 11 is 0. The summed E-state index contributed by atoms with van der Waals surface area (Å²) in [6.45, 7) is 0. The predicted molar refractivity (Wildman–Crippen MR) is 98.1 cm³/mol. The Balaban J connectivity index is 2.05. The van der Waals surface area contributed by atoms with Gasteiger partial charge in [-0.1, -0.05) is 72.8 Å². The van der Waals surface area contributed by atoms with Gasteiger partial charge in [0.05, 0.1) is 7.11 Å². The van der Waals surface area contributed by atoms with E-state index in [0.29, 0.717) is 11.1 Å². The second-order valence-electron chi connectivity index (χ2n) is 5.39. The summed E-state index contributed by atoms with van der Waals surface area (Å²) in [4.78, 5) is 13.0. The number of hydrogen-bond donors (Lipinski definition) is 0. The fourth-order valence-corrected chi connectivity index (χ4v) is 2.51. The van der Waals surface area contributed by atoms with Crippen molar-refractivity contribution in [3.63, 3.8) is 0 Å². The molecular formula is C22H18O2. The maximum Gasteiger partial charge on any atom is 0.193 e. The highest BCUT2D eigenvalue weighted by molar-refractivity contribution is 6.32. The van der Waals surface area contributed by atoms with E-state index in [2.05, 4.69) is 0 Å². The fraction of sp³-hybridized carbons (Fsp3) is 0.0455. The van der Waals surface area contributed by atoms with E-state index in [1.807, 2.05) is 91.0 Å². The summed E-state index contributed by atoms with van der Waals surface area (Å²) in [7, 11) is 1.64. The molecule has 118 valence electrons. The molecule has 0 spiro atoms. The first kappa shape index (κ1) is 15.8. The highest BCUT2D eigenvalue weighted by atomic mass is 16.5. The van der Waals surface area contributed by atoms with Crippen LogP contribution in [-0.2, 0) is 0 Å². The molecule has 3 rings (SSSR count). The number of Topliss-reactive ketones (excluding diaryl/α,β-unsaturated/α-hetero) is 1. The Kier molecular flexibility index (Phi) is 4.87. The fourth-order valence-electron chi connectivity index (χ4n) is 2.51. The van der Waals surface area contributed by atoms with Gasteiger partial charge < -0.3 is 4.74 Å². The number of rotatable bonds is 5. The first-order valence-corrected chi connectivity index (χ1v) is 7.79. The van der Waals surface area contributed by atoms with Gasteiger partial charge in [0.25, 0.3) is 0 Å². The van der Waals surface area contributed by atoms with Crippen molar-refractivity contribution in [3.05, 3.63) is 102 Å². The number of hydrogen-bond acceptors (Lipinski definition) is 2. The van der Waals surface area contributed by atoms with E-state index in [9.17, 15) is 4.79 Å². The Morgan fingerprint density at radius 3 is 1.83 bits per heavy atom. The molecule has 0 aliphatic heterocycles. The van der Waals surface area contributed by atoms with Crippen molar-refractivity contribution in [2.75, 3.05) is 7.11 Å². The van der Waals surface area contributed by atoms with Crippen LogP contribution in [0.5, 0.6) is 5.75 Å². The van der Waals surface area contributed by atoms with Crippen LogP contribution in [0.1, 0.15) is 21.5 Å². The standard InChI is InChI=1S/C22H18O2/c1-24-20-14-12-17(13-15-20)16-21(18-8-4-2-5-9-18)22(23)19-10-6-3-7-11-19/h2-16H,1H3/b21-16+. The maximum atomic E-state index is 13.0. The molecule has 0 atom stereocenters. The third-order valence-corrected chi connectivity index (χ3v) is 3.79. The molecule has 24 heavy (non-hydrogen) atoms. The van der Waals surface area contributed by atoms with E-state index in [1.165, 1.54) is 0 Å². The minimum absolute atomic E-state index is 0.0117. The summed E-state index contributed by atoms with van der Waals surface area (Å²) in [6.07, 6.45) is 1.92. The quantitative estimate of drug-likeness (QED) is 0.371. The van der Waals surface area contributed by atoms with Gasteiger partial charge in [0.1, 0.15) is 5.75 Å². The minimum atomic E-state index is 0.0117. The molecule has 0 aliphatic carbocycles. The summed E-state index contributed by atoms with van der Waals surface area (Å²) in [5.41, 5.74) is 3.22. The van der Waals surface area contributed by atoms with Gasteiger partial charge in [-0.15, -0.1) is 0 Å². The highest BCUT2D eigenvalue weighted by Crippen LogP contribution is 2.24. The zero-order valence-corrected chi connectivity index (χ0v) is 13.5. The van der Waals surface area contributed by atoms with Crippen LogP contribution < -0.4 is 4.74 Å². The monoisotopic (exact) mass is 314 g/mol. The van der Waals surface area contributed by atoms with Crippen molar-refractivity contribution >= 4 is 17.4 Å². The molecule has 0 unspecified atom stereocenters. The Morgan fingerprint density at radius 2 is 1.29 bits per heavy atom. The molecule has 0 aliphatic rings. The SMILES string of the molecule is COc1ccc(/C=C(/C(=O)c2ccccc2)c2ccccc2)cc1. The number of ketones is 1. The average molecular weight is 314 g/mol. The van der Waals surface area contributed by atoms with Gasteiger partial charge in [0.2, 0.25) is 0 Å². The lowest BCUT2D eigenvalue weighted by atomic mass is 9.95. The molecule has 0 saturated heterocycles. The number of carbonyl (C=O) groups is 1. The van der Waals surface area contributed by atoms with E-state index in [-0.39, 0.29) is 5.78 Å². The molecule has 0 radical (unpaired) electrons. The van der Waals surface area contributed by atoms with Crippen molar-refractivity contribution in [1.29, 1.82) is 0 Å². The zero-order valence-electron chi connectivity index (χ0n) is 13.5. The van der Waals surface area contributed by atoms with E-state index < -0.39 is 0 Å². The van der Waals surface area contributed by atoms with Gasteiger partial charge in [-0.3, -0.25) is 4.79 Å². The molecule has 0 saturated carbocycles. The third-order valence-electron chi connectivity index (χ3n) is 3.79. The predicted octanol–water partition coefficient (Wildman–Crippen LogP) is 5.12. The third kappa shape index (κ3) is 3.61. The van der Waals surface area contributed by atoms with E-state index in [0.717, 1.165) is 16.9 Å². The summed E-state index contributed by atoms with van der Waals surface area (Å²) < 4.78 is 5.19. The van der Waals surface area contributed by atoms with Crippen LogP contribution in [0.3, 0.4) is 0 Å². The van der Waals surface area contributed by atoms with E-state index in [1.54, 1.807) is 7.11 Å². The van der Waals surface area contributed by atoms with Crippen molar-refractivity contribution in [2.24, 2.45) is 0 Å². The zero-order chi connectivity index (χ0) is 16.8. The van der Waals surface area contributed by atoms with Gasteiger partial charge in [0.15, 0.2) is 5.78 Å². The van der Waals surface area contributed by atoms with Crippen molar-refractivity contribution in [3.8, 4) is 5.75 Å². The molecular weight excluding hydrogens is 296 g/mol. The van der Waals surface area contributed by atoms with Crippen LogP contribution in [0, 0.1) is 0 Å². The van der Waals surface area contributed by atoms with Gasteiger partial charge in [-0.2, -0.15) is 0 Å². The van der Waals surface area contributed by atoms with Crippen LogP contribution in [0.15, 0.2) is 84.9 Å². The average Bonchev–Trinajstić information content (AvgIpc) is 2.67. The van der Waals surface area contributed by atoms with Crippen LogP contribution in [0.2, 0.25) is 0 Å². The second-order valence-corrected chi connectivity index (χ2v) is 5.39. The van der Waals surface area contributed by atoms with Crippen LogP contribution in [0.25, 0.3) is 11.6 Å². The Morgan fingerprint density at radius 1 is 0.750 bits per heavy atom. The molecule has 0 amide bonds. The Labute approximate surface area is 142 Å². The number of carbonyl (C=O) groups excluding carboxylic acids is 1. The molecule has 3 aromatic carbocycles. The normalized spacial score (nSPS) is 11.1. The van der Waals surface area contributed by atoms with E-state index in [4.69, 9.17) is 4.74 Å². The van der Waals surface area contributed by atoms with E-state index >= 15 is 0 Å². The van der Waals surface area contributed by atoms with Crippen LogP contribution >= 0.6 is 0 Å². The molecule has 2 nitrogen and oxygen atoms in total. The van der Waals surface area contributed by atoms with Crippen molar-refractivity contribution in [1.82, 2.24) is 0 Å². The second kappa shape index (κ2) is 7.42. The minimum Gasteiger partial charge on any atom is -0.497 e. The maximum absolute atomic E-state index is 13.0. The van der Waals surface area contributed by atoms with Gasteiger partial charge in [-0.25, -0.2) is 0 Å². The summed E-state index contributed by atoms with van der Waals surface area (Å²) in [5, 5.41) is 0. The topological polar surface area (TPSA) is 26.3 Å². The van der Waals surface area contributed by atoms with Gasteiger partial charge in [-0.05, 0) is 29.3 Å². The van der Waals surface area contributed by atoms with Gasteiger partial charge in [0, 0.05) is 11.1 Å². The number of allylic oxidation sites excluding steroid dienone is 1. The molecule has 0 bridgehead atoms. The number of ether oxygens (including phenoxy) is 1. The first-order chi connectivity index (χ1) is 11.8. The Hall–Kier alpha value is -3.13. The molecule has 0 heterocycles. The molecule has 0 fully saturated rings. The molecule has 0 N–H and O–H groups in total. The molecule has 0 aromatic heterocycles. The van der Waals surface area contributed by atoms with Crippen LogP contribution in [-0.4, -0.2) is 12.9 Å². The largest absolute Gasteiger partial charge is 0.497 e. The van der Waals surface area contributed by atoms with Crippen molar-refractivity contribution in [2.45, 2.75) is 0 Å². The lowest BCUT2D eigenvalue weighted by molar-refractivity contribution is 0.105. The van der Waals surface area contributed by atoms with Crippen LogP contribution in [0.4, 0.5) is 0 Å². The van der Waals surface area contributed by atoms with Gasteiger partial charge >= 0.3 is 0 Å².